The lowest BCUT2D eigenvalue weighted by Crippen LogP contribution is -2.06. The molecule has 1 unspecified atom stereocenters. The van der Waals surface area contributed by atoms with Crippen molar-refractivity contribution < 1.29 is 4.39 Å². The molecule has 0 aliphatic heterocycles. The van der Waals surface area contributed by atoms with E-state index < -0.39 is 0 Å². The second kappa shape index (κ2) is 4.02. The van der Waals surface area contributed by atoms with Crippen LogP contribution in [0.2, 0.25) is 0 Å². The minimum Gasteiger partial charge on any atom is -0.322 e. The molecular weight excluding hydrogens is 207 g/mol. The molecule has 0 aliphatic rings. The Kier molecular flexibility index (Phi) is 2.70. The third-order valence-corrected chi connectivity index (χ3v) is 2.35. The Labute approximate surface area is 92.7 Å². The summed E-state index contributed by atoms with van der Waals surface area (Å²) in [5, 5.41) is 6.80. The molecule has 0 bridgehead atoms. The van der Waals surface area contributed by atoms with Crippen molar-refractivity contribution in [3.63, 3.8) is 0 Å². The van der Waals surface area contributed by atoms with E-state index >= 15 is 0 Å². The van der Waals surface area contributed by atoms with E-state index in [1.807, 2.05) is 6.92 Å². The Morgan fingerprint density at radius 2 is 2.19 bits per heavy atom. The molecule has 16 heavy (non-hydrogen) atoms. The summed E-state index contributed by atoms with van der Waals surface area (Å²) in [7, 11) is 0. The number of nitrogens with two attached hydrogens (primary N) is 1. The summed E-state index contributed by atoms with van der Waals surface area (Å²) in [4.78, 5) is 4.24. The van der Waals surface area contributed by atoms with Crippen LogP contribution in [0.25, 0.3) is 11.4 Å². The van der Waals surface area contributed by atoms with E-state index in [9.17, 15) is 4.39 Å². The Balaban J connectivity index is 2.39. The van der Waals surface area contributed by atoms with Crippen LogP contribution in [0.1, 0.15) is 24.4 Å². The smallest absolute Gasteiger partial charge is 0.181 e. The standard InChI is InChI=1S/C11H13FN4/c1-6-5-8(3-4-9(6)12)11-14-10(7(2)13)15-16-11/h3-5,7H,13H2,1-2H3,(H,14,15,16). The van der Waals surface area contributed by atoms with Gasteiger partial charge in [-0.15, -0.1) is 0 Å². The number of hydrogen-bond acceptors (Lipinski definition) is 3. The molecule has 0 spiro atoms. The van der Waals surface area contributed by atoms with Gasteiger partial charge >= 0.3 is 0 Å². The summed E-state index contributed by atoms with van der Waals surface area (Å²) in [6.07, 6.45) is 0. The van der Waals surface area contributed by atoms with Gasteiger partial charge in [0.05, 0.1) is 6.04 Å². The highest BCUT2D eigenvalue weighted by Gasteiger charge is 2.09. The van der Waals surface area contributed by atoms with Gasteiger partial charge in [-0.1, -0.05) is 0 Å². The number of nitrogens with zero attached hydrogens (tertiary/aromatic N) is 2. The quantitative estimate of drug-likeness (QED) is 0.812. The zero-order valence-corrected chi connectivity index (χ0v) is 9.16. The summed E-state index contributed by atoms with van der Waals surface area (Å²) in [6, 6.07) is 4.58. The number of aryl methyl sites for hydroxylation is 1. The van der Waals surface area contributed by atoms with Crippen LogP contribution in [0, 0.1) is 12.7 Å². The Morgan fingerprint density at radius 1 is 1.44 bits per heavy atom. The number of nitrogens with one attached hydrogen (secondary N) is 1. The first kappa shape index (κ1) is 10.8. The highest BCUT2D eigenvalue weighted by molar-refractivity contribution is 5.55. The number of hydrogen-bond donors (Lipinski definition) is 2. The van der Waals surface area contributed by atoms with Gasteiger partial charge in [0.15, 0.2) is 5.82 Å². The number of halogens is 1. The SMILES string of the molecule is Cc1cc(-c2n[nH]c(C(C)N)n2)ccc1F. The summed E-state index contributed by atoms with van der Waals surface area (Å²) >= 11 is 0. The fourth-order valence-electron chi connectivity index (χ4n) is 1.39. The average Bonchev–Trinajstić information content (AvgIpc) is 2.71. The number of aromatic nitrogens is 3. The molecule has 4 nitrogen and oxygen atoms in total. The average molecular weight is 220 g/mol. The van der Waals surface area contributed by atoms with E-state index in [0.29, 0.717) is 17.2 Å². The van der Waals surface area contributed by atoms with E-state index in [1.54, 1.807) is 19.1 Å². The zero-order valence-electron chi connectivity index (χ0n) is 9.16. The predicted molar refractivity (Wildman–Crippen MR) is 59.1 cm³/mol. The van der Waals surface area contributed by atoms with Crippen molar-refractivity contribution in [2.45, 2.75) is 19.9 Å². The fraction of sp³-hybridized carbons (Fsp3) is 0.273. The van der Waals surface area contributed by atoms with Crippen molar-refractivity contribution in [2.24, 2.45) is 5.73 Å². The Hall–Kier alpha value is -1.75. The molecule has 1 aromatic heterocycles. The van der Waals surface area contributed by atoms with Gasteiger partial charge < -0.3 is 5.73 Å². The van der Waals surface area contributed by atoms with Crippen LogP contribution >= 0.6 is 0 Å². The lowest BCUT2D eigenvalue weighted by molar-refractivity contribution is 0.618. The molecule has 84 valence electrons. The molecule has 5 heteroatoms. The fourth-order valence-corrected chi connectivity index (χ4v) is 1.39. The van der Waals surface area contributed by atoms with Gasteiger partial charge in [-0.25, -0.2) is 9.37 Å². The normalized spacial score (nSPS) is 12.8. The highest BCUT2D eigenvalue weighted by Crippen LogP contribution is 2.19. The molecule has 3 N–H and O–H groups in total. The topological polar surface area (TPSA) is 67.6 Å². The third-order valence-electron chi connectivity index (χ3n) is 2.35. The van der Waals surface area contributed by atoms with Crippen molar-refractivity contribution in [3.8, 4) is 11.4 Å². The first-order chi connectivity index (χ1) is 7.58. The van der Waals surface area contributed by atoms with Crippen LogP contribution in [0.3, 0.4) is 0 Å². The molecule has 1 heterocycles. The molecule has 2 aromatic rings. The van der Waals surface area contributed by atoms with Crippen LogP contribution in [-0.4, -0.2) is 15.2 Å². The maximum absolute atomic E-state index is 13.1. The van der Waals surface area contributed by atoms with Gasteiger partial charge in [0.2, 0.25) is 0 Å². The summed E-state index contributed by atoms with van der Waals surface area (Å²) < 4.78 is 13.1. The molecule has 0 aliphatic carbocycles. The lowest BCUT2D eigenvalue weighted by Gasteiger charge is -1.99. The largest absolute Gasteiger partial charge is 0.322 e. The first-order valence-corrected chi connectivity index (χ1v) is 5.02. The van der Waals surface area contributed by atoms with Crippen LogP contribution in [0.5, 0.6) is 0 Å². The third kappa shape index (κ3) is 1.94. The second-order valence-corrected chi connectivity index (χ2v) is 3.80. The van der Waals surface area contributed by atoms with Crippen molar-refractivity contribution in [1.29, 1.82) is 0 Å². The first-order valence-electron chi connectivity index (χ1n) is 5.02. The van der Waals surface area contributed by atoms with Gasteiger partial charge in [-0.3, -0.25) is 5.10 Å². The summed E-state index contributed by atoms with van der Waals surface area (Å²) in [5.41, 5.74) is 7.02. The molecular formula is C11H13FN4. The molecule has 0 saturated carbocycles. The Morgan fingerprint density at radius 3 is 2.75 bits per heavy atom. The van der Waals surface area contributed by atoms with Gasteiger partial charge in [-0.05, 0) is 37.6 Å². The second-order valence-electron chi connectivity index (χ2n) is 3.80. The molecule has 1 aromatic carbocycles. The van der Waals surface area contributed by atoms with E-state index in [4.69, 9.17) is 5.73 Å². The monoisotopic (exact) mass is 220 g/mol. The van der Waals surface area contributed by atoms with Crippen molar-refractivity contribution in [2.75, 3.05) is 0 Å². The molecule has 0 fully saturated rings. The maximum Gasteiger partial charge on any atom is 0.181 e. The van der Waals surface area contributed by atoms with Gasteiger partial charge in [0.25, 0.3) is 0 Å². The van der Waals surface area contributed by atoms with Crippen LogP contribution in [0.4, 0.5) is 4.39 Å². The van der Waals surface area contributed by atoms with Gasteiger partial charge in [0, 0.05) is 5.56 Å². The lowest BCUT2D eigenvalue weighted by atomic mass is 10.1. The number of H-pyrrole nitrogens is 1. The van der Waals surface area contributed by atoms with Crippen molar-refractivity contribution in [1.82, 2.24) is 15.2 Å². The van der Waals surface area contributed by atoms with E-state index in [-0.39, 0.29) is 11.9 Å². The van der Waals surface area contributed by atoms with Crippen molar-refractivity contribution >= 4 is 0 Å². The van der Waals surface area contributed by atoms with Gasteiger partial charge in [0.1, 0.15) is 11.6 Å². The van der Waals surface area contributed by atoms with Crippen molar-refractivity contribution in [3.05, 3.63) is 35.4 Å². The zero-order chi connectivity index (χ0) is 11.7. The molecule has 1 atom stereocenters. The summed E-state index contributed by atoms with van der Waals surface area (Å²) in [5.74, 6) is 0.930. The Bertz CT molecular complexity index is 504. The van der Waals surface area contributed by atoms with Crippen LogP contribution in [-0.2, 0) is 0 Å². The number of aromatic amines is 1. The molecule has 0 saturated heterocycles. The van der Waals surface area contributed by atoms with E-state index in [1.165, 1.54) is 6.07 Å². The number of rotatable bonds is 2. The van der Waals surface area contributed by atoms with Gasteiger partial charge in [-0.2, -0.15) is 5.10 Å². The van der Waals surface area contributed by atoms with E-state index in [2.05, 4.69) is 15.2 Å². The van der Waals surface area contributed by atoms with Crippen LogP contribution < -0.4 is 5.73 Å². The maximum atomic E-state index is 13.1. The predicted octanol–water partition coefficient (Wildman–Crippen LogP) is 1.94. The minimum atomic E-state index is -0.230. The molecule has 0 radical (unpaired) electrons. The molecule has 2 rings (SSSR count). The minimum absolute atomic E-state index is 0.192. The highest BCUT2D eigenvalue weighted by atomic mass is 19.1. The molecule has 0 amide bonds. The number of benzene rings is 1. The van der Waals surface area contributed by atoms with Crippen LogP contribution in [0.15, 0.2) is 18.2 Å². The summed E-state index contributed by atoms with van der Waals surface area (Å²) in [6.45, 7) is 3.53. The van der Waals surface area contributed by atoms with E-state index in [0.717, 1.165) is 5.56 Å².